The van der Waals surface area contributed by atoms with Crippen LogP contribution in [0, 0.1) is 0 Å². The summed E-state index contributed by atoms with van der Waals surface area (Å²) in [6.45, 7) is 7.07. The van der Waals surface area contributed by atoms with Gasteiger partial charge in [0.1, 0.15) is 0 Å². The molecule has 5 heteroatoms. The first-order chi connectivity index (χ1) is 17.2. The number of rotatable bonds is 13. The zero-order chi connectivity index (χ0) is 24.3. The molecule has 2 aliphatic heterocycles. The molecular formula is C30H41NO2SSi. The summed E-state index contributed by atoms with van der Waals surface area (Å²) < 4.78 is 12.4. The van der Waals surface area contributed by atoms with Crippen LogP contribution in [0.25, 0.3) is 5.20 Å². The second-order valence-corrected chi connectivity index (χ2v) is 13.0. The Bertz CT molecular complexity index is 922. The maximum Gasteiger partial charge on any atom is 0.0874 e. The van der Waals surface area contributed by atoms with E-state index in [0.29, 0.717) is 22.1 Å². The van der Waals surface area contributed by atoms with Crippen molar-refractivity contribution in [1.82, 2.24) is 4.98 Å². The van der Waals surface area contributed by atoms with E-state index in [4.69, 9.17) is 9.47 Å². The van der Waals surface area contributed by atoms with Crippen LogP contribution in [0.2, 0.25) is 5.54 Å². The molecule has 3 nitrogen and oxygen atoms in total. The Balaban J connectivity index is 1.36. The molecule has 0 bridgehead atoms. The van der Waals surface area contributed by atoms with Crippen LogP contribution < -0.4 is 0 Å². The Kier molecular flexibility index (Phi) is 10.9. The number of hydrogen-bond acceptors (Lipinski definition) is 4. The highest BCUT2D eigenvalue weighted by Gasteiger charge is 2.31. The third-order valence-corrected chi connectivity index (χ3v) is 9.99. The second kappa shape index (κ2) is 14.4. The van der Waals surface area contributed by atoms with Crippen molar-refractivity contribution in [2.24, 2.45) is 0 Å². The fraction of sp³-hybridized carbons (Fsp3) is 0.567. The van der Waals surface area contributed by atoms with Crippen molar-refractivity contribution in [2.75, 3.05) is 19.8 Å². The average molecular weight is 508 g/mol. The molecule has 0 saturated carbocycles. The molecule has 35 heavy (non-hydrogen) atoms. The Labute approximate surface area is 219 Å². The molecule has 2 aliphatic rings. The standard InChI is InChI=1S/C30H41NO2SSi/c1-3-5-16-32-22-26-20-25(33-17-6-4-2)21-29(34-26)24-11-9-10-23(18-24)19-27-13-14-30(35-27)28-12-7-8-15-31-28/h7-12,14-15,18,25-27,29H,3-6,13,16-17,19-22H2,1-2H3/t25-,26-,27?,29+/m0/s1. The van der Waals surface area contributed by atoms with Gasteiger partial charge >= 0.3 is 0 Å². The fourth-order valence-electron chi connectivity index (χ4n) is 4.92. The van der Waals surface area contributed by atoms with E-state index in [1.807, 2.05) is 12.3 Å². The van der Waals surface area contributed by atoms with Crippen LogP contribution in [-0.2, 0) is 15.9 Å². The van der Waals surface area contributed by atoms with Gasteiger partial charge in [-0.05, 0) is 72.5 Å². The molecule has 0 amide bonds. The van der Waals surface area contributed by atoms with Gasteiger partial charge in [-0.25, -0.2) is 0 Å². The topological polar surface area (TPSA) is 31.4 Å². The van der Waals surface area contributed by atoms with E-state index in [2.05, 4.69) is 73.1 Å². The lowest BCUT2D eigenvalue weighted by Crippen LogP contribution is -2.30. The number of hydrogen-bond donors (Lipinski definition) is 0. The molecule has 1 unspecified atom stereocenters. The molecule has 2 radical (unpaired) electrons. The Morgan fingerprint density at radius 3 is 2.74 bits per heavy atom. The summed E-state index contributed by atoms with van der Waals surface area (Å²) in [6, 6.07) is 15.6. The van der Waals surface area contributed by atoms with Gasteiger partial charge < -0.3 is 9.47 Å². The highest BCUT2D eigenvalue weighted by Crippen LogP contribution is 2.44. The number of pyridine rings is 1. The van der Waals surface area contributed by atoms with E-state index in [-0.39, 0.29) is 0 Å². The van der Waals surface area contributed by atoms with Crippen molar-refractivity contribution < 1.29 is 9.47 Å². The molecule has 4 rings (SSSR count). The van der Waals surface area contributed by atoms with E-state index in [0.717, 1.165) is 73.6 Å². The van der Waals surface area contributed by atoms with Crippen LogP contribution in [0.1, 0.15) is 80.9 Å². The molecule has 188 valence electrons. The third-order valence-electron chi connectivity index (χ3n) is 6.87. The number of unbranched alkanes of at least 4 members (excludes halogenated alkanes) is 2. The van der Waals surface area contributed by atoms with Gasteiger partial charge in [0.2, 0.25) is 0 Å². The Morgan fingerprint density at radius 2 is 1.91 bits per heavy atom. The lowest BCUT2D eigenvalue weighted by Gasteiger charge is -2.35. The number of aromatic nitrogens is 1. The number of allylic oxidation sites excluding steroid dienone is 1. The number of ether oxygens (including phenoxy) is 2. The highest BCUT2D eigenvalue weighted by atomic mass is 32.2. The largest absolute Gasteiger partial charge is 0.380 e. The summed E-state index contributed by atoms with van der Waals surface area (Å²) in [7, 11) is 0.845. The van der Waals surface area contributed by atoms with Gasteiger partial charge in [0, 0.05) is 29.9 Å². The normalized spacial score (nSPS) is 24.5. The summed E-state index contributed by atoms with van der Waals surface area (Å²) >= 11 is 2.11. The molecular weight excluding hydrogens is 466 g/mol. The van der Waals surface area contributed by atoms with Crippen LogP contribution in [0.15, 0.2) is 54.7 Å². The maximum absolute atomic E-state index is 6.34. The smallest absolute Gasteiger partial charge is 0.0874 e. The fourth-order valence-corrected chi connectivity index (χ4v) is 8.06. The van der Waals surface area contributed by atoms with Gasteiger partial charge in [-0.1, -0.05) is 63.1 Å². The molecule has 0 N–H and O–H groups in total. The second-order valence-electron chi connectivity index (χ2n) is 9.85. The average Bonchev–Trinajstić information content (AvgIpc) is 3.36. The summed E-state index contributed by atoms with van der Waals surface area (Å²) in [6.07, 6.45) is 13.9. The first-order valence-electron chi connectivity index (χ1n) is 13.6. The lowest BCUT2D eigenvalue weighted by molar-refractivity contribution is 0.0283. The van der Waals surface area contributed by atoms with E-state index in [9.17, 15) is 0 Å². The molecule has 1 aromatic heterocycles. The predicted octanol–water partition coefficient (Wildman–Crippen LogP) is 7.50. The summed E-state index contributed by atoms with van der Waals surface area (Å²) in [5.41, 5.74) is 4.79. The van der Waals surface area contributed by atoms with Gasteiger partial charge in [-0.3, -0.25) is 4.98 Å². The minimum Gasteiger partial charge on any atom is -0.380 e. The van der Waals surface area contributed by atoms with Gasteiger partial charge in [-0.15, -0.1) is 11.8 Å². The zero-order valence-electron chi connectivity index (χ0n) is 21.5. The van der Waals surface area contributed by atoms with Crippen LogP contribution in [0.4, 0.5) is 0 Å². The van der Waals surface area contributed by atoms with Gasteiger partial charge in [-0.2, -0.15) is 0 Å². The minimum atomic E-state index is 0.345. The molecule has 1 aromatic carbocycles. The maximum atomic E-state index is 6.34. The quantitative estimate of drug-likeness (QED) is 0.207. The highest BCUT2D eigenvalue weighted by molar-refractivity contribution is 8.00. The van der Waals surface area contributed by atoms with Crippen LogP contribution in [-0.4, -0.2) is 45.7 Å². The molecule has 1 saturated heterocycles. The van der Waals surface area contributed by atoms with Crippen molar-refractivity contribution in [3.63, 3.8) is 0 Å². The number of benzene rings is 1. The zero-order valence-corrected chi connectivity index (χ0v) is 23.3. The van der Waals surface area contributed by atoms with Crippen molar-refractivity contribution >= 4 is 26.5 Å². The number of thioether (sulfide) groups is 1. The van der Waals surface area contributed by atoms with Gasteiger partial charge in [0.25, 0.3) is 0 Å². The molecule has 0 spiro atoms. The van der Waals surface area contributed by atoms with Crippen LogP contribution in [0.3, 0.4) is 0 Å². The van der Waals surface area contributed by atoms with Crippen LogP contribution in [0.5, 0.6) is 0 Å². The summed E-state index contributed by atoms with van der Waals surface area (Å²) in [5, 5.41) is 2.44. The first kappa shape index (κ1) is 26.7. The minimum absolute atomic E-state index is 0.345. The third kappa shape index (κ3) is 8.31. The molecule has 1 fully saturated rings. The van der Waals surface area contributed by atoms with Crippen LogP contribution >= 0.6 is 11.8 Å². The molecule has 0 aliphatic carbocycles. The lowest BCUT2D eigenvalue weighted by atomic mass is 9.98. The summed E-state index contributed by atoms with van der Waals surface area (Å²) in [5.74, 6) is 0. The molecule has 2 aromatic rings. The first-order valence-corrected chi connectivity index (χ1v) is 15.6. The molecule has 3 heterocycles. The van der Waals surface area contributed by atoms with E-state index in [1.54, 1.807) is 0 Å². The predicted molar refractivity (Wildman–Crippen MR) is 150 cm³/mol. The van der Waals surface area contributed by atoms with Gasteiger partial charge in [0.15, 0.2) is 0 Å². The van der Waals surface area contributed by atoms with E-state index >= 15 is 0 Å². The van der Waals surface area contributed by atoms with Gasteiger partial charge in [0.05, 0.1) is 27.9 Å². The van der Waals surface area contributed by atoms with Crippen molar-refractivity contribution in [3.05, 3.63) is 71.6 Å². The van der Waals surface area contributed by atoms with E-state index in [1.165, 1.54) is 29.2 Å². The SMILES string of the molecule is CCCCOC[C@@H]1C[C@H](OCCCC)C[C@H](c2cccc(CC3CC=C(c4ccccn4)[Si]3)c2)S1. The van der Waals surface area contributed by atoms with Crippen molar-refractivity contribution in [2.45, 2.75) is 87.4 Å². The Morgan fingerprint density at radius 1 is 1.03 bits per heavy atom. The Hall–Kier alpha value is -1.40. The van der Waals surface area contributed by atoms with Crippen molar-refractivity contribution in [3.8, 4) is 0 Å². The number of nitrogens with zero attached hydrogens (tertiary/aromatic N) is 1. The molecule has 4 atom stereocenters. The van der Waals surface area contributed by atoms with E-state index < -0.39 is 0 Å². The van der Waals surface area contributed by atoms with Crippen molar-refractivity contribution in [1.29, 1.82) is 0 Å². The summed E-state index contributed by atoms with van der Waals surface area (Å²) in [4.78, 5) is 4.56. The monoisotopic (exact) mass is 507 g/mol.